The predicted molar refractivity (Wildman–Crippen MR) is 199 cm³/mol. The number of nitrogens with zero attached hydrogens (tertiary/aromatic N) is 1. The lowest BCUT2D eigenvalue weighted by molar-refractivity contribution is -0.159. The van der Waals surface area contributed by atoms with Gasteiger partial charge in [0.05, 0.1) is 0 Å². The van der Waals surface area contributed by atoms with Crippen LogP contribution in [0.4, 0.5) is 4.79 Å². The molecule has 0 aliphatic heterocycles. The smallest absolute Gasteiger partial charge is 0.408 e. The molecule has 0 bridgehead atoms. The van der Waals surface area contributed by atoms with Gasteiger partial charge in [0.25, 0.3) is 0 Å². The number of thiol groups is 1. The molecule has 2 aromatic rings. The van der Waals surface area contributed by atoms with Gasteiger partial charge >= 0.3 is 12.1 Å². The monoisotopic (exact) mass is 697 g/mol. The van der Waals surface area contributed by atoms with E-state index in [4.69, 9.17) is 9.47 Å². The summed E-state index contributed by atoms with van der Waals surface area (Å²) in [6, 6.07) is 11.9. The minimum Gasteiger partial charge on any atom is -0.458 e. The molecule has 2 aromatic carbocycles. The number of carbonyl (C=O) groups is 4. The molecule has 0 aromatic heterocycles. The van der Waals surface area contributed by atoms with Crippen molar-refractivity contribution >= 4 is 36.5 Å². The van der Waals surface area contributed by atoms with Gasteiger partial charge in [0, 0.05) is 18.7 Å². The van der Waals surface area contributed by atoms with Gasteiger partial charge in [-0.3, -0.25) is 9.59 Å². The number of nitrogens with one attached hydrogen (secondary N) is 2. The summed E-state index contributed by atoms with van der Waals surface area (Å²) in [6.07, 6.45) is 5.29. The Kier molecular flexibility index (Phi) is 16.7. The maximum atomic E-state index is 14.7. The van der Waals surface area contributed by atoms with Crippen LogP contribution in [0.5, 0.6) is 0 Å². The number of amides is 3. The zero-order chi connectivity index (χ0) is 36.8. The Hall–Kier alpha value is -3.53. The van der Waals surface area contributed by atoms with Crippen molar-refractivity contribution in [3.8, 4) is 0 Å². The summed E-state index contributed by atoms with van der Waals surface area (Å²) in [5.41, 5.74) is 1.73. The minimum absolute atomic E-state index is 0.0131. The second kappa shape index (κ2) is 19.6. The van der Waals surface area contributed by atoms with Crippen molar-refractivity contribution in [3.05, 3.63) is 70.8 Å². The summed E-state index contributed by atoms with van der Waals surface area (Å²) in [6.45, 7) is 16.9. The van der Waals surface area contributed by atoms with Crippen LogP contribution >= 0.6 is 12.6 Å². The van der Waals surface area contributed by atoms with Gasteiger partial charge in [0.15, 0.2) is 0 Å². The summed E-state index contributed by atoms with van der Waals surface area (Å²) >= 11 is 4.43. The van der Waals surface area contributed by atoms with Crippen LogP contribution in [0.25, 0.3) is 0 Å². The SMILES string of the molecule is CCCCCCCCN(C(=O)C(CS)NC(=O)OC(C)(C)C)C(C(=O)NC(Cc1ccccc1)C(=O)OC(C)(C)C)c1cccc(C)c1C. The van der Waals surface area contributed by atoms with E-state index in [2.05, 4.69) is 30.2 Å². The fourth-order valence-electron chi connectivity index (χ4n) is 5.45. The van der Waals surface area contributed by atoms with Gasteiger partial charge in [-0.05, 0) is 84.1 Å². The maximum Gasteiger partial charge on any atom is 0.408 e. The molecule has 0 aliphatic carbocycles. The van der Waals surface area contributed by atoms with E-state index in [1.165, 1.54) is 4.90 Å². The molecule has 3 amide bonds. The van der Waals surface area contributed by atoms with E-state index in [1.54, 1.807) is 41.5 Å². The Bertz CT molecular complexity index is 1370. The highest BCUT2D eigenvalue weighted by Gasteiger charge is 2.38. The van der Waals surface area contributed by atoms with E-state index >= 15 is 0 Å². The van der Waals surface area contributed by atoms with Gasteiger partial charge < -0.3 is 25.0 Å². The molecule has 3 unspecified atom stereocenters. The van der Waals surface area contributed by atoms with Crippen molar-refractivity contribution in [2.24, 2.45) is 0 Å². The van der Waals surface area contributed by atoms with Crippen LogP contribution in [0, 0.1) is 13.8 Å². The number of ether oxygens (including phenoxy) is 2. The van der Waals surface area contributed by atoms with Gasteiger partial charge in [0.2, 0.25) is 11.8 Å². The number of hydrogen-bond donors (Lipinski definition) is 3. The van der Waals surface area contributed by atoms with E-state index in [1.807, 2.05) is 62.4 Å². The first-order valence-corrected chi connectivity index (χ1v) is 18.1. The topological polar surface area (TPSA) is 114 Å². The molecule has 49 heavy (non-hydrogen) atoms. The zero-order valence-corrected chi connectivity index (χ0v) is 32.0. The van der Waals surface area contributed by atoms with Crippen molar-refractivity contribution < 1.29 is 28.7 Å². The molecule has 0 saturated carbocycles. The molecular weight excluding hydrogens is 639 g/mol. The number of aryl methyl sites for hydroxylation is 1. The Morgan fingerprint density at radius 3 is 1.98 bits per heavy atom. The van der Waals surface area contributed by atoms with Gasteiger partial charge in [-0.25, -0.2) is 9.59 Å². The Balaban J connectivity index is 2.62. The molecule has 0 radical (unpaired) electrons. The Morgan fingerprint density at radius 1 is 0.776 bits per heavy atom. The average Bonchev–Trinajstić information content (AvgIpc) is 3.01. The average molecular weight is 698 g/mol. The van der Waals surface area contributed by atoms with E-state index in [9.17, 15) is 19.2 Å². The fraction of sp³-hybridized carbons (Fsp3) is 0.590. The second-order valence-electron chi connectivity index (χ2n) is 14.7. The molecule has 272 valence electrons. The highest BCUT2D eigenvalue weighted by atomic mass is 32.1. The van der Waals surface area contributed by atoms with Gasteiger partial charge in [-0.15, -0.1) is 0 Å². The summed E-state index contributed by atoms with van der Waals surface area (Å²) in [4.78, 5) is 57.1. The standard InChI is InChI=1S/C39H59N3O6S/c1-10-11-12-13-14-18-24-42(35(44)32(26-49)41-37(46)48-39(7,8)9)33(30-23-19-20-27(2)28(30)3)34(43)40-31(36(45)47-38(4,5)6)25-29-21-16-15-17-22-29/h15-17,19-23,31-33,49H,10-14,18,24-26H2,1-9H3,(H,40,43)(H,41,46). The molecule has 2 rings (SSSR count). The second-order valence-corrected chi connectivity index (χ2v) is 15.0. The predicted octanol–water partition coefficient (Wildman–Crippen LogP) is 7.43. The highest BCUT2D eigenvalue weighted by molar-refractivity contribution is 7.80. The van der Waals surface area contributed by atoms with E-state index in [-0.39, 0.29) is 18.7 Å². The van der Waals surface area contributed by atoms with Crippen LogP contribution in [0.3, 0.4) is 0 Å². The molecule has 0 fully saturated rings. The molecule has 10 heteroatoms. The Morgan fingerprint density at radius 2 is 1.39 bits per heavy atom. The van der Waals surface area contributed by atoms with Crippen LogP contribution < -0.4 is 10.6 Å². The number of esters is 1. The zero-order valence-electron chi connectivity index (χ0n) is 31.1. The molecule has 0 heterocycles. The number of benzene rings is 2. The van der Waals surface area contributed by atoms with Crippen molar-refractivity contribution in [1.82, 2.24) is 15.5 Å². The number of alkyl carbamates (subject to hydrolysis) is 1. The molecule has 9 nitrogen and oxygen atoms in total. The summed E-state index contributed by atoms with van der Waals surface area (Å²) in [7, 11) is 0. The molecule has 0 aliphatic rings. The van der Waals surface area contributed by atoms with Crippen LogP contribution in [0.1, 0.15) is 115 Å². The third-order valence-electron chi connectivity index (χ3n) is 8.00. The van der Waals surface area contributed by atoms with Crippen molar-refractivity contribution in [2.45, 2.75) is 137 Å². The lowest BCUT2D eigenvalue weighted by Gasteiger charge is -2.36. The van der Waals surface area contributed by atoms with Gasteiger partial charge in [-0.2, -0.15) is 12.6 Å². The first kappa shape index (κ1) is 41.6. The molecule has 0 saturated heterocycles. The Labute approximate surface area is 299 Å². The van der Waals surface area contributed by atoms with Gasteiger partial charge in [-0.1, -0.05) is 87.6 Å². The summed E-state index contributed by atoms with van der Waals surface area (Å²) in [5, 5.41) is 5.65. The minimum atomic E-state index is -1.11. The number of carbonyl (C=O) groups excluding carboxylic acids is 4. The van der Waals surface area contributed by atoms with Crippen LogP contribution in [0.15, 0.2) is 48.5 Å². The van der Waals surface area contributed by atoms with Crippen molar-refractivity contribution in [2.75, 3.05) is 12.3 Å². The van der Waals surface area contributed by atoms with Gasteiger partial charge in [0.1, 0.15) is 29.3 Å². The first-order valence-electron chi connectivity index (χ1n) is 17.5. The van der Waals surface area contributed by atoms with Crippen molar-refractivity contribution in [3.63, 3.8) is 0 Å². The number of rotatable bonds is 17. The fourth-order valence-corrected chi connectivity index (χ4v) is 5.70. The maximum absolute atomic E-state index is 14.7. The van der Waals surface area contributed by atoms with E-state index < -0.39 is 53.2 Å². The molecule has 3 atom stereocenters. The summed E-state index contributed by atoms with van der Waals surface area (Å²) < 4.78 is 11.2. The normalized spacial score (nSPS) is 13.5. The summed E-state index contributed by atoms with van der Waals surface area (Å²) in [5.74, 6) is -1.57. The number of unbranched alkanes of at least 4 members (excludes halogenated alkanes) is 5. The number of hydrogen-bond acceptors (Lipinski definition) is 7. The third-order valence-corrected chi connectivity index (χ3v) is 8.36. The molecule has 0 spiro atoms. The third kappa shape index (κ3) is 14.5. The van der Waals surface area contributed by atoms with Crippen LogP contribution in [-0.4, -0.2) is 64.4 Å². The van der Waals surface area contributed by atoms with E-state index in [0.29, 0.717) is 12.0 Å². The lowest BCUT2D eigenvalue weighted by atomic mass is 9.94. The van der Waals surface area contributed by atoms with E-state index in [0.717, 1.165) is 48.8 Å². The molecular formula is C39H59N3O6S. The van der Waals surface area contributed by atoms with Crippen molar-refractivity contribution in [1.29, 1.82) is 0 Å². The largest absolute Gasteiger partial charge is 0.458 e. The highest BCUT2D eigenvalue weighted by Crippen LogP contribution is 2.29. The lowest BCUT2D eigenvalue weighted by Crippen LogP contribution is -2.55. The van der Waals surface area contributed by atoms with Crippen LogP contribution in [0.2, 0.25) is 0 Å². The molecule has 2 N–H and O–H groups in total. The quantitative estimate of drug-likeness (QED) is 0.0901. The van der Waals surface area contributed by atoms with Crippen LogP contribution in [-0.2, 0) is 30.3 Å². The first-order chi connectivity index (χ1) is 23.0.